The Labute approximate surface area is 187 Å². The third-order valence-corrected chi connectivity index (χ3v) is 4.87. The largest absolute Gasteiger partial charge is 0.508 e. The van der Waals surface area contributed by atoms with Crippen LogP contribution in [-0.4, -0.2) is 28.2 Å². The van der Waals surface area contributed by atoms with Gasteiger partial charge in [-0.15, -0.1) is 0 Å². The summed E-state index contributed by atoms with van der Waals surface area (Å²) >= 11 is 2.05. The number of phenolic OH excluding ortho intramolecular Hbond substituents is 1. The molecule has 0 saturated carbocycles. The number of imide groups is 1. The third-order valence-electron chi connectivity index (χ3n) is 4.20. The molecule has 0 aliphatic rings. The molecule has 30 heavy (non-hydrogen) atoms. The van der Waals surface area contributed by atoms with Gasteiger partial charge < -0.3 is 9.84 Å². The molecule has 0 aliphatic heterocycles. The summed E-state index contributed by atoms with van der Waals surface area (Å²) in [7, 11) is 0. The van der Waals surface area contributed by atoms with E-state index in [1.165, 1.54) is 17.6 Å². The van der Waals surface area contributed by atoms with Gasteiger partial charge in [0.1, 0.15) is 11.9 Å². The Balaban J connectivity index is 2.32. The van der Waals surface area contributed by atoms with Gasteiger partial charge in [-0.1, -0.05) is 38.1 Å². The summed E-state index contributed by atoms with van der Waals surface area (Å²) < 4.78 is 6.30. The molecule has 0 saturated heterocycles. The van der Waals surface area contributed by atoms with E-state index in [-0.39, 0.29) is 11.3 Å². The second-order valence-corrected chi connectivity index (χ2v) is 8.19. The van der Waals surface area contributed by atoms with Crippen molar-refractivity contribution in [1.29, 1.82) is 0 Å². The number of hydrogen-bond donors (Lipinski definition) is 4. The summed E-state index contributed by atoms with van der Waals surface area (Å²) in [6.45, 7) is 3.34. The number of carbonyl (C=O) groups is 3. The number of hydroxylamine groups is 1. The van der Waals surface area contributed by atoms with Gasteiger partial charge >= 0.3 is 6.09 Å². The molecule has 0 bridgehead atoms. The highest BCUT2D eigenvalue weighted by molar-refractivity contribution is 14.1. The summed E-state index contributed by atoms with van der Waals surface area (Å²) in [4.78, 5) is 36.1. The summed E-state index contributed by atoms with van der Waals surface area (Å²) in [6, 6.07) is 12.9. The number of carbonyl (C=O) groups excluding carboxylic acids is 3. The molecule has 4 N–H and O–H groups in total. The van der Waals surface area contributed by atoms with Crippen molar-refractivity contribution in [2.45, 2.75) is 20.0 Å². The Morgan fingerprint density at radius 2 is 1.80 bits per heavy atom. The van der Waals surface area contributed by atoms with Crippen LogP contribution >= 0.6 is 22.6 Å². The molecule has 0 heterocycles. The second kappa shape index (κ2) is 10.2. The number of nitrogens with one attached hydrogen (secondary N) is 2. The van der Waals surface area contributed by atoms with Crippen molar-refractivity contribution in [2.75, 3.05) is 0 Å². The first-order valence-electron chi connectivity index (χ1n) is 8.83. The molecule has 8 nitrogen and oxygen atoms in total. The van der Waals surface area contributed by atoms with Crippen molar-refractivity contribution < 1.29 is 29.4 Å². The van der Waals surface area contributed by atoms with Gasteiger partial charge in [-0.2, -0.15) is 0 Å². The maximum atomic E-state index is 12.5. The van der Waals surface area contributed by atoms with Gasteiger partial charge in [0.15, 0.2) is 0 Å². The standard InChI is InChI=1S/C21H21IN2O6/c1-21(2,11-10-17(26)24-29)18(15-12-14(22)8-9-16(15)25)30-20(28)23-19(27)13-6-4-3-5-7-13/h3-12,18,25,29H,1-2H3,(H,24,26)(H,23,27,28)/b11-10+/t18-/m0/s1. The minimum atomic E-state index is -1.06. The van der Waals surface area contributed by atoms with Crippen LogP contribution in [0.25, 0.3) is 0 Å². The number of amides is 3. The second-order valence-electron chi connectivity index (χ2n) is 6.94. The molecule has 0 fully saturated rings. The van der Waals surface area contributed by atoms with Crippen LogP contribution in [0.2, 0.25) is 0 Å². The number of hydrogen-bond acceptors (Lipinski definition) is 6. The Morgan fingerprint density at radius 3 is 2.43 bits per heavy atom. The van der Waals surface area contributed by atoms with E-state index in [1.807, 2.05) is 22.6 Å². The van der Waals surface area contributed by atoms with E-state index in [9.17, 15) is 19.5 Å². The Morgan fingerprint density at radius 1 is 1.13 bits per heavy atom. The molecule has 1 atom stereocenters. The van der Waals surface area contributed by atoms with Crippen LogP contribution in [0.1, 0.15) is 35.9 Å². The fraction of sp³-hybridized carbons (Fsp3) is 0.190. The van der Waals surface area contributed by atoms with Gasteiger partial charge in [0.25, 0.3) is 11.8 Å². The van der Waals surface area contributed by atoms with Crippen molar-refractivity contribution in [3.63, 3.8) is 0 Å². The van der Waals surface area contributed by atoms with Crippen LogP contribution in [0, 0.1) is 8.99 Å². The van der Waals surface area contributed by atoms with E-state index >= 15 is 0 Å². The lowest BCUT2D eigenvalue weighted by Gasteiger charge is -2.32. The normalized spacial score (nSPS) is 12.3. The average molecular weight is 524 g/mol. The quantitative estimate of drug-likeness (QED) is 0.198. The zero-order valence-electron chi connectivity index (χ0n) is 16.3. The molecule has 0 aromatic heterocycles. The van der Waals surface area contributed by atoms with Gasteiger partial charge in [0, 0.05) is 26.2 Å². The van der Waals surface area contributed by atoms with Crippen LogP contribution < -0.4 is 10.8 Å². The van der Waals surface area contributed by atoms with Crippen LogP contribution in [0.4, 0.5) is 4.79 Å². The van der Waals surface area contributed by atoms with Gasteiger partial charge in [-0.05, 0) is 52.9 Å². The van der Waals surface area contributed by atoms with Crippen molar-refractivity contribution >= 4 is 40.5 Å². The Bertz CT molecular complexity index is 959. The van der Waals surface area contributed by atoms with E-state index < -0.39 is 29.4 Å². The van der Waals surface area contributed by atoms with Crippen LogP contribution in [0.15, 0.2) is 60.7 Å². The predicted molar refractivity (Wildman–Crippen MR) is 117 cm³/mol. The Kier molecular flexibility index (Phi) is 7.95. The first-order chi connectivity index (χ1) is 14.1. The molecule has 3 amide bonds. The molecule has 0 spiro atoms. The lowest BCUT2D eigenvalue weighted by Crippen LogP contribution is -2.35. The van der Waals surface area contributed by atoms with Crippen molar-refractivity contribution in [1.82, 2.24) is 10.8 Å². The maximum absolute atomic E-state index is 12.5. The minimum absolute atomic E-state index is 0.115. The minimum Gasteiger partial charge on any atom is -0.508 e. The summed E-state index contributed by atoms with van der Waals surface area (Å²) in [5.41, 5.74) is 1.06. The molecular weight excluding hydrogens is 503 g/mol. The SMILES string of the molecule is CC(C)(/C=C/C(=O)NO)[C@@H](OC(=O)NC(=O)c1ccccc1)c1cc(I)ccc1O. The number of benzene rings is 2. The molecule has 0 radical (unpaired) electrons. The van der Waals surface area contributed by atoms with E-state index in [0.717, 1.165) is 9.65 Å². The molecule has 2 aromatic rings. The highest BCUT2D eigenvalue weighted by atomic mass is 127. The number of ether oxygens (including phenoxy) is 1. The van der Waals surface area contributed by atoms with Gasteiger partial charge in [-0.25, -0.2) is 10.3 Å². The predicted octanol–water partition coefficient (Wildman–Crippen LogP) is 3.69. The number of halogens is 1. The molecule has 0 aliphatic carbocycles. The topological polar surface area (TPSA) is 125 Å². The maximum Gasteiger partial charge on any atom is 0.414 e. The fourth-order valence-electron chi connectivity index (χ4n) is 2.66. The zero-order chi connectivity index (χ0) is 22.3. The molecule has 2 aromatic carbocycles. The smallest absolute Gasteiger partial charge is 0.414 e. The highest BCUT2D eigenvalue weighted by Gasteiger charge is 2.35. The van der Waals surface area contributed by atoms with Crippen molar-refractivity contribution in [2.24, 2.45) is 5.41 Å². The summed E-state index contributed by atoms with van der Waals surface area (Å²) in [6.07, 6.45) is 0.433. The van der Waals surface area contributed by atoms with Crippen molar-refractivity contribution in [3.8, 4) is 5.75 Å². The molecular formula is C21H21IN2O6. The summed E-state index contributed by atoms with van der Waals surface area (Å²) in [5, 5.41) is 21.2. The molecule has 158 valence electrons. The number of phenols is 1. The van der Waals surface area contributed by atoms with Gasteiger partial charge in [0.05, 0.1) is 0 Å². The van der Waals surface area contributed by atoms with E-state index in [4.69, 9.17) is 9.94 Å². The van der Waals surface area contributed by atoms with E-state index in [0.29, 0.717) is 5.56 Å². The lowest BCUT2D eigenvalue weighted by atomic mass is 9.81. The van der Waals surface area contributed by atoms with Crippen molar-refractivity contribution in [3.05, 3.63) is 75.4 Å². The molecule has 0 unspecified atom stereocenters. The summed E-state index contributed by atoms with van der Waals surface area (Å²) in [5.74, 6) is -1.52. The molecule has 2 rings (SSSR count). The first kappa shape index (κ1) is 23.4. The highest BCUT2D eigenvalue weighted by Crippen LogP contribution is 2.42. The Hall–Kier alpha value is -2.92. The van der Waals surface area contributed by atoms with Gasteiger partial charge in [-0.3, -0.25) is 20.1 Å². The van der Waals surface area contributed by atoms with Crippen LogP contribution in [0.3, 0.4) is 0 Å². The van der Waals surface area contributed by atoms with Gasteiger partial charge in [0.2, 0.25) is 0 Å². The first-order valence-corrected chi connectivity index (χ1v) is 9.90. The monoisotopic (exact) mass is 524 g/mol. The number of alkyl carbamates (subject to hydrolysis) is 1. The van der Waals surface area contributed by atoms with Crippen LogP contribution in [-0.2, 0) is 9.53 Å². The average Bonchev–Trinajstić information content (AvgIpc) is 2.72. The molecule has 9 heteroatoms. The zero-order valence-corrected chi connectivity index (χ0v) is 18.4. The number of rotatable bonds is 6. The number of aromatic hydroxyl groups is 1. The van der Waals surface area contributed by atoms with E-state index in [2.05, 4.69) is 5.32 Å². The van der Waals surface area contributed by atoms with E-state index in [1.54, 1.807) is 56.3 Å². The fourth-order valence-corrected chi connectivity index (χ4v) is 3.17. The third kappa shape index (κ3) is 6.29. The van der Waals surface area contributed by atoms with Crippen LogP contribution in [0.5, 0.6) is 5.75 Å². The lowest BCUT2D eigenvalue weighted by molar-refractivity contribution is -0.124.